The van der Waals surface area contributed by atoms with Crippen molar-refractivity contribution in [1.29, 1.82) is 0 Å². The predicted octanol–water partition coefficient (Wildman–Crippen LogP) is 1.91. The van der Waals surface area contributed by atoms with Crippen LogP contribution in [0.4, 0.5) is 0 Å². The highest BCUT2D eigenvalue weighted by molar-refractivity contribution is 5.15. The van der Waals surface area contributed by atoms with E-state index in [2.05, 4.69) is 30.7 Å². The number of rotatable bonds is 5. The van der Waals surface area contributed by atoms with E-state index in [1.807, 2.05) is 13.1 Å². The van der Waals surface area contributed by atoms with Crippen molar-refractivity contribution in [2.45, 2.75) is 45.9 Å². The van der Waals surface area contributed by atoms with Crippen LogP contribution in [0.25, 0.3) is 0 Å². The monoisotopic (exact) mass is 210 g/mol. The first-order valence-electron chi connectivity index (χ1n) is 5.60. The summed E-state index contributed by atoms with van der Waals surface area (Å²) in [5, 5.41) is 9.18. The standard InChI is InChI=1S/C12H22N2O/c1-9(2)12(13)11-5-7-14(8-11)6-4-10(3)15/h5,7-10,12,15H,4,6,13H2,1-3H3. The fourth-order valence-corrected chi connectivity index (χ4v) is 1.52. The van der Waals surface area contributed by atoms with Gasteiger partial charge in [0.15, 0.2) is 0 Å². The summed E-state index contributed by atoms with van der Waals surface area (Å²) in [5.41, 5.74) is 7.22. The third kappa shape index (κ3) is 3.68. The number of hydrogen-bond acceptors (Lipinski definition) is 2. The Bertz CT molecular complexity index is 292. The number of hydrogen-bond donors (Lipinski definition) is 2. The molecule has 1 aromatic rings. The molecule has 1 heterocycles. The molecule has 1 rings (SSSR count). The van der Waals surface area contributed by atoms with E-state index < -0.39 is 0 Å². The molecule has 0 aliphatic rings. The van der Waals surface area contributed by atoms with Gasteiger partial charge in [-0.3, -0.25) is 0 Å². The Morgan fingerprint density at radius 3 is 2.60 bits per heavy atom. The summed E-state index contributed by atoms with van der Waals surface area (Å²) in [5.74, 6) is 0.456. The highest BCUT2D eigenvalue weighted by atomic mass is 16.3. The summed E-state index contributed by atoms with van der Waals surface area (Å²) in [6.45, 7) is 6.91. The molecule has 0 bridgehead atoms. The van der Waals surface area contributed by atoms with Gasteiger partial charge in [-0.25, -0.2) is 0 Å². The van der Waals surface area contributed by atoms with E-state index in [-0.39, 0.29) is 12.1 Å². The molecule has 0 amide bonds. The molecule has 3 heteroatoms. The van der Waals surface area contributed by atoms with Crippen molar-refractivity contribution in [3.05, 3.63) is 24.0 Å². The van der Waals surface area contributed by atoms with E-state index in [0.717, 1.165) is 13.0 Å². The van der Waals surface area contributed by atoms with Crippen molar-refractivity contribution in [1.82, 2.24) is 4.57 Å². The number of aliphatic hydroxyl groups excluding tert-OH is 1. The molecule has 3 nitrogen and oxygen atoms in total. The minimum atomic E-state index is -0.241. The van der Waals surface area contributed by atoms with Crippen molar-refractivity contribution in [3.8, 4) is 0 Å². The molecule has 15 heavy (non-hydrogen) atoms. The molecule has 2 unspecified atom stereocenters. The Balaban J connectivity index is 2.56. The van der Waals surface area contributed by atoms with E-state index in [1.165, 1.54) is 5.56 Å². The Hall–Kier alpha value is -0.800. The van der Waals surface area contributed by atoms with Crippen molar-refractivity contribution in [3.63, 3.8) is 0 Å². The van der Waals surface area contributed by atoms with Gasteiger partial charge in [0, 0.05) is 25.0 Å². The van der Waals surface area contributed by atoms with Gasteiger partial charge < -0.3 is 15.4 Å². The van der Waals surface area contributed by atoms with Crippen molar-refractivity contribution in [2.75, 3.05) is 0 Å². The summed E-state index contributed by atoms with van der Waals surface area (Å²) < 4.78 is 2.09. The maximum Gasteiger partial charge on any atom is 0.0529 e. The summed E-state index contributed by atoms with van der Waals surface area (Å²) in [6, 6.07) is 2.17. The second-order valence-electron chi connectivity index (χ2n) is 4.59. The van der Waals surface area contributed by atoms with E-state index in [1.54, 1.807) is 0 Å². The smallest absolute Gasteiger partial charge is 0.0529 e. The number of aryl methyl sites for hydroxylation is 1. The van der Waals surface area contributed by atoms with Crippen LogP contribution in [0, 0.1) is 5.92 Å². The Morgan fingerprint density at radius 1 is 1.40 bits per heavy atom. The molecule has 0 aromatic carbocycles. The third-order valence-corrected chi connectivity index (χ3v) is 2.68. The summed E-state index contributed by atoms with van der Waals surface area (Å²) in [7, 11) is 0. The lowest BCUT2D eigenvalue weighted by molar-refractivity contribution is 0.178. The van der Waals surface area contributed by atoms with Gasteiger partial charge in [0.1, 0.15) is 0 Å². The molecule has 86 valence electrons. The molecule has 0 fully saturated rings. The molecule has 0 radical (unpaired) electrons. The van der Waals surface area contributed by atoms with E-state index >= 15 is 0 Å². The topological polar surface area (TPSA) is 51.2 Å². The van der Waals surface area contributed by atoms with Crippen molar-refractivity contribution >= 4 is 0 Å². The molecular weight excluding hydrogens is 188 g/mol. The van der Waals surface area contributed by atoms with Crippen LogP contribution in [0.15, 0.2) is 18.5 Å². The van der Waals surface area contributed by atoms with Crippen LogP contribution >= 0.6 is 0 Å². The highest BCUT2D eigenvalue weighted by Crippen LogP contribution is 2.19. The number of nitrogens with two attached hydrogens (primary N) is 1. The van der Waals surface area contributed by atoms with Crippen LogP contribution in [0.1, 0.15) is 38.8 Å². The number of aliphatic hydroxyl groups is 1. The van der Waals surface area contributed by atoms with Gasteiger partial charge in [0.2, 0.25) is 0 Å². The summed E-state index contributed by atoms with van der Waals surface area (Å²) in [6.07, 6.45) is 4.65. The van der Waals surface area contributed by atoms with Gasteiger partial charge in [-0.2, -0.15) is 0 Å². The minimum Gasteiger partial charge on any atom is -0.393 e. The lowest BCUT2D eigenvalue weighted by atomic mass is 10.00. The van der Waals surface area contributed by atoms with E-state index in [9.17, 15) is 5.11 Å². The fraction of sp³-hybridized carbons (Fsp3) is 0.667. The zero-order valence-corrected chi connectivity index (χ0v) is 9.85. The molecule has 0 saturated carbocycles. The molecule has 0 saturated heterocycles. The van der Waals surface area contributed by atoms with Crippen molar-refractivity contribution < 1.29 is 5.11 Å². The number of nitrogens with zero attached hydrogens (tertiary/aromatic N) is 1. The molecule has 2 atom stereocenters. The second kappa shape index (κ2) is 5.33. The van der Waals surface area contributed by atoms with Crippen LogP contribution in [0.5, 0.6) is 0 Å². The molecule has 0 aliphatic carbocycles. The molecule has 0 spiro atoms. The number of aromatic nitrogens is 1. The highest BCUT2D eigenvalue weighted by Gasteiger charge is 2.11. The second-order valence-corrected chi connectivity index (χ2v) is 4.59. The maximum atomic E-state index is 9.18. The Morgan fingerprint density at radius 2 is 2.07 bits per heavy atom. The van der Waals surface area contributed by atoms with Crippen LogP contribution in [-0.2, 0) is 6.54 Å². The Kier molecular flexibility index (Phi) is 4.36. The average molecular weight is 210 g/mol. The van der Waals surface area contributed by atoms with Crippen LogP contribution in [0.2, 0.25) is 0 Å². The quantitative estimate of drug-likeness (QED) is 0.780. The van der Waals surface area contributed by atoms with E-state index in [0.29, 0.717) is 5.92 Å². The largest absolute Gasteiger partial charge is 0.393 e. The lowest BCUT2D eigenvalue weighted by Crippen LogP contribution is -2.16. The first-order chi connectivity index (χ1) is 7.00. The lowest BCUT2D eigenvalue weighted by Gasteiger charge is -2.13. The summed E-state index contributed by atoms with van der Waals surface area (Å²) in [4.78, 5) is 0. The average Bonchev–Trinajstić information content (AvgIpc) is 2.61. The van der Waals surface area contributed by atoms with Crippen LogP contribution < -0.4 is 5.73 Å². The first-order valence-corrected chi connectivity index (χ1v) is 5.60. The SMILES string of the molecule is CC(O)CCn1ccc(C(N)C(C)C)c1. The fourth-order valence-electron chi connectivity index (χ4n) is 1.52. The van der Waals surface area contributed by atoms with Gasteiger partial charge in [0.05, 0.1) is 6.10 Å². The van der Waals surface area contributed by atoms with Gasteiger partial charge in [-0.1, -0.05) is 13.8 Å². The predicted molar refractivity (Wildman–Crippen MR) is 62.5 cm³/mol. The maximum absolute atomic E-state index is 9.18. The normalized spacial score (nSPS) is 15.6. The van der Waals surface area contributed by atoms with Crippen LogP contribution in [-0.4, -0.2) is 15.8 Å². The first kappa shape index (κ1) is 12.3. The van der Waals surface area contributed by atoms with Gasteiger partial charge in [-0.15, -0.1) is 0 Å². The van der Waals surface area contributed by atoms with E-state index in [4.69, 9.17) is 5.73 Å². The summed E-state index contributed by atoms with van der Waals surface area (Å²) >= 11 is 0. The molecule has 1 aromatic heterocycles. The zero-order valence-electron chi connectivity index (χ0n) is 9.85. The van der Waals surface area contributed by atoms with Gasteiger partial charge in [-0.05, 0) is 30.9 Å². The molecular formula is C12H22N2O. The molecule has 0 aliphatic heterocycles. The van der Waals surface area contributed by atoms with Crippen molar-refractivity contribution in [2.24, 2.45) is 11.7 Å². The zero-order chi connectivity index (χ0) is 11.4. The Labute approximate surface area is 91.9 Å². The van der Waals surface area contributed by atoms with Gasteiger partial charge >= 0.3 is 0 Å². The molecule has 3 N–H and O–H groups in total. The van der Waals surface area contributed by atoms with Crippen LogP contribution in [0.3, 0.4) is 0 Å². The minimum absolute atomic E-state index is 0.109. The van der Waals surface area contributed by atoms with Gasteiger partial charge in [0.25, 0.3) is 0 Å². The third-order valence-electron chi connectivity index (χ3n) is 2.68.